The summed E-state index contributed by atoms with van der Waals surface area (Å²) in [7, 11) is 7.14. The predicted molar refractivity (Wildman–Crippen MR) is 483 cm³/mol. The van der Waals surface area contributed by atoms with Gasteiger partial charge in [-0.25, -0.2) is 0 Å². The first-order valence-corrected chi connectivity index (χ1v) is 44.4. The van der Waals surface area contributed by atoms with Crippen molar-refractivity contribution in [3.8, 4) is 23.0 Å². The topological polar surface area (TPSA) is 36.9 Å². The first-order chi connectivity index (χ1) is 48.2. The van der Waals surface area contributed by atoms with E-state index in [0.717, 1.165) is 48.7 Å². The normalized spacial score (nSPS) is 20.9. The second-order valence-electron chi connectivity index (χ2n) is 37.4. The standard InChI is InChI=1S/C25H30I2O2.C23H26Br2.C23H26I2O2.C21H22Br2/c1-13-9-15-17(19(26)21(13)28-7)25(11-23(15,3)4)12-24(5,6)16-10-14(2)22(29-8)20(27)18(16)25;1-13-7-15-19(17(24)9-13)23(11-21(15,3)4)12-22(5,6)16-8-14(2)10-18(25)20(16)23;1-21(2)11-23(17-13(21)7-9-15(26-5)19(17)24)12-22(3,4)14-8-10-16(27-6)20(25)18(14)23;1-19(2)11-21(17-13(19)7-5-9-15(17)22)12-20(3,4)14-8-6-10-16(23)18(14)21/h9-10H,11-12H2,1-8H3;7-10H,11-12H2,1-6H3;7-10H,11-12H2,1-6H3;5-10H,11-12H2,1-4H3. The molecule has 0 aliphatic heterocycles. The number of fused-ring (bicyclic) bond motifs is 16. The second-order valence-corrected chi connectivity index (χ2v) is 45.1. The van der Waals surface area contributed by atoms with E-state index in [1.165, 1.54) is 169 Å². The number of aryl methyl sites for hydroxylation is 4. The van der Waals surface area contributed by atoms with Crippen LogP contribution in [0.5, 0.6) is 23.0 Å². The zero-order valence-electron chi connectivity index (χ0n) is 65.6. The summed E-state index contributed by atoms with van der Waals surface area (Å²) in [5, 5.41) is 0. The van der Waals surface area contributed by atoms with E-state index in [9.17, 15) is 0 Å². The minimum absolute atomic E-state index is 0.00727. The summed E-state index contributed by atoms with van der Waals surface area (Å²) in [6.07, 6.45) is 9.20. The monoisotopic (exact) mass is 2100 g/mol. The lowest BCUT2D eigenvalue weighted by Gasteiger charge is -2.32. The van der Waals surface area contributed by atoms with Gasteiger partial charge in [-0.1, -0.05) is 235 Å². The highest BCUT2D eigenvalue weighted by molar-refractivity contribution is 14.1. The Morgan fingerprint density at radius 3 is 0.788 bits per heavy atom. The second kappa shape index (κ2) is 26.7. The van der Waals surface area contributed by atoms with Gasteiger partial charge in [-0.3, -0.25) is 0 Å². The van der Waals surface area contributed by atoms with Crippen LogP contribution in [0.15, 0.2) is 115 Å². The molecule has 0 N–H and O–H groups in total. The number of hydrogen-bond acceptors (Lipinski definition) is 4. The van der Waals surface area contributed by atoms with Gasteiger partial charge in [0, 0.05) is 39.6 Å². The van der Waals surface area contributed by atoms with E-state index in [2.05, 4.69) is 390 Å². The molecule has 0 saturated heterocycles. The smallest absolute Gasteiger partial charge is 0.135 e. The molecule has 0 radical (unpaired) electrons. The molecular weight excluding hydrogens is 2000 g/mol. The van der Waals surface area contributed by atoms with Crippen LogP contribution in [0, 0.1) is 42.0 Å². The predicted octanol–water partition coefficient (Wildman–Crippen LogP) is 28.1. The fraction of sp³-hybridized carbons (Fsp3) is 0.478. The summed E-state index contributed by atoms with van der Waals surface area (Å²) in [6.45, 7) is 47.2. The van der Waals surface area contributed by atoms with Gasteiger partial charge >= 0.3 is 0 Å². The Morgan fingerprint density at radius 1 is 0.269 bits per heavy atom. The zero-order chi connectivity index (χ0) is 76.3. The van der Waals surface area contributed by atoms with Crippen molar-refractivity contribution in [3.63, 3.8) is 0 Å². The molecule has 0 atom stereocenters. The van der Waals surface area contributed by atoms with Crippen molar-refractivity contribution in [2.24, 2.45) is 0 Å². The molecule has 0 bridgehead atoms. The summed E-state index contributed by atoms with van der Waals surface area (Å²) < 4.78 is 33.4. The van der Waals surface area contributed by atoms with E-state index in [-0.39, 0.29) is 65.0 Å². The average molecular weight is 2100 g/mol. The molecule has 8 aromatic carbocycles. The lowest BCUT2D eigenvalue weighted by Crippen LogP contribution is -2.28. The maximum atomic E-state index is 5.87. The molecule has 0 unspecified atom stereocenters. The zero-order valence-corrected chi connectivity index (χ0v) is 80.5. The molecule has 104 heavy (non-hydrogen) atoms. The third-order valence-electron chi connectivity index (χ3n) is 26.0. The van der Waals surface area contributed by atoms with Gasteiger partial charge in [0.1, 0.15) is 23.0 Å². The highest BCUT2D eigenvalue weighted by atomic mass is 127. The highest BCUT2D eigenvalue weighted by Crippen LogP contribution is 2.71. The van der Waals surface area contributed by atoms with Crippen molar-refractivity contribution in [3.05, 3.63) is 241 Å². The van der Waals surface area contributed by atoms with Crippen LogP contribution in [-0.2, 0) is 65.0 Å². The average Bonchev–Trinajstić information content (AvgIpc) is 1.51. The van der Waals surface area contributed by atoms with Gasteiger partial charge in [-0.15, -0.1) is 0 Å². The molecule has 8 aromatic rings. The Hall–Kier alpha value is -2.20. The number of halogens is 8. The number of rotatable bonds is 4. The molecule has 0 amide bonds. The molecule has 0 heterocycles. The molecule has 16 rings (SSSR count). The van der Waals surface area contributed by atoms with Gasteiger partial charge in [0.05, 0.1) is 42.7 Å². The third-order valence-corrected chi connectivity index (χ3v) is 32.8. The van der Waals surface area contributed by atoms with Gasteiger partial charge in [0.25, 0.3) is 0 Å². The third kappa shape index (κ3) is 12.1. The molecule has 4 nitrogen and oxygen atoms in total. The van der Waals surface area contributed by atoms with Crippen molar-refractivity contribution in [1.82, 2.24) is 0 Å². The molecule has 12 heteroatoms. The van der Waals surface area contributed by atoms with Crippen LogP contribution < -0.4 is 18.9 Å². The molecule has 552 valence electrons. The van der Waals surface area contributed by atoms with Crippen molar-refractivity contribution in [1.29, 1.82) is 0 Å². The lowest BCUT2D eigenvalue weighted by molar-refractivity contribution is 0.346. The summed E-state index contributed by atoms with van der Waals surface area (Å²) in [5.41, 5.74) is 30.6. The largest absolute Gasteiger partial charge is 0.496 e. The van der Waals surface area contributed by atoms with Gasteiger partial charge in [-0.2, -0.15) is 0 Å². The van der Waals surface area contributed by atoms with Crippen molar-refractivity contribution < 1.29 is 18.9 Å². The van der Waals surface area contributed by atoms with Crippen LogP contribution in [0.3, 0.4) is 0 Å². The maximum absolute atomic E-state index is 5.87. The molecule has 8 aliphatic carbocycles. The summed E-state index contributed by atoms with van der Waals surface area (Å²) >= 11 is 25.7. The van der Waals surface area contributed by atoms with Crippen LogP contribution in [0.25, 0.3) is 0 Å². The first-order valence-electron chi connectivity index (χ1n) is 36.9. The Labute approximate surface area is 711 Å². The molecular formula is C92H104Br4I4O4. The Morgan fingerprint density at radius 2 is 0.510 bits per heavy atom. The first kappa shape index (κ1) is 79.9. The molecule has 0 fully saturated rings. The van der Waals surface area contributed by atoms with E-state index >= 15 is 0 Å². The highest BCUT2D eigenvalue weighted by Gasteiger charge is 2.63. The lowest BCUT2D eigenvalue weighted by atomic mass is 9.72. The van der Waals surface area contributed by atoms with Crippen molar-refractivity contribution in [2.75, 3.05) is 28.4 Å². The molecule has 4 spiro atoms. The van der Waals surface area contributed by atoms with Gasteiger partial charge < -0.3 is 18.9 Å². The van der Waals surface area contributed by atoms with Crippen LogP contribution in [0.4, 0.5) is 0 Å². The fourth-order valence-electron chi connectivity index (χ4n) is 23.2. The molecule has 8 aliphatic rings. The maximum Gasteiger partial charge on any atom is 0.135 e. The fourth-order valence-corrected chi connectivity index (χ4v) is 31.9. The van der Waals surface area contributed by atoms with E-state index in [0.29, 0.717) is 0 Å². The van der Waals surface area contributed by atoms with E-state index in [4.69, 9.17) is 18.9 Å². The summed E-state index contributed by atoms with van der Waals surface area (Å²) in [5.74, 6) is 4.02. The van der Waals surface area contributed by atoms with Gasteiger partial charge in [-0.05, 0) is 360 Å². The Balaban J connectivity index is 0.000000124. The minimum atomic E-state index is -0.00727. The van der Waals surface area contributed by atoms with Gasteiger partial charge in [0.15, 0.2) is 0 Å². The van der Waals surface area contributed by atoms with Crippen LogP contribution >= 0.6 is 154 Å². The minimum Gasteiger partial charge on any atom is -0.496 e. The molecule has 0 saturated carbocycles. The van der Waals surface area contributed by atoms with Crippen LogP contribution in [0.1, 0.15) is 273 Å². The van der Waals surface area contributed by atoms with Gasteiger partial charge in [0.2, 0.25) is 0 Å². The number of ether oxygens (including phenoxy) is 4. The SMILES string of the molecule is CC1(C)CC2(CC(C)(C)c3cccc(Br)c32)c2c(Br)cccc21.COc1c(C)cc2c(c1I)C1(CC2(C)C)CC(C)(C)c2cc(C)c(OC)c(I)c21.COc1ccc2c(c1I)C1(CC2(C)C)CC(C)(C)c2ccc(OC)c(I)c21.Cc1cc(Br)c2c(c1)C(C)(C)CC21CC(C)(C)c2cc(C)cc(Br)c21. The Kier molecular flexibility index (Phi) is 20.5. The van der Waals surface area contributed by atoms with Crippen molar-refractivity contribution >= 4 is 154 Å². The van der Waals surface area contributed by atoms with Crippen LogP contribution in [-0.4, -0.2) is 28.4 Å². The Bertz CT molecular complexity index is 4620. The van der Waals surface area contributed by atoms with E-state index in [1.54, 1.807) is 28.4 Å². The number of hydrogen-bond donors (Lipinski definition) is 0. The quantitative estimate of drug-likeness (QED) is 0.165. The van der Waals surface area contributed by atoms with Crippen molar-refractivity contribution in [2.45, 2.75) is 255 Å². The summed E-state index contributed by atoms with van der Waals surface area (Å²) in [4.78, 5) is 0. The van der Waals surface area contributed by atoms with Crippen LogP contribution in [0.2, 0.25) is 0 Å². The van der Waals surface area contributed by atoms with E-state index < -0.39 is 0 Å². The summed E-state index contributed by atoms with van der Waals surface area (Å²) in [6, 6.07) is 36.5. The number of benzene rings is 8. The molecule has 0 aromatic heterocycles. The number of methoxy groups -OCH3 is 4. The van der Waals surface area contributed by atoms with E-state index in [1.807, 2.05) is 0 Å².